The van der Waals surface area contributed by atoms with Crippen molar-refractivity contribution in [2.24, 2.45) is 0 Å². The van der Waals surface area contributed by atoms with E-state index in [0.29, 0.717) is 37.3 Å². The molecule has 0 radical (unpaired) electrons. The average molecular weight is 450 g/mol. The summed E-state index contributed by atoms with van der Waals surface area (Å²) in [6, 6.07) is 8.90. The fraction of sp³-hybridized carbons (Fsp3) is 0.440. The van der Waals surface area contributed by atoms with Crippen molar-refractivity contribution in [3.63, 3.8) is 0 Å². The normalized spacial score (nSPS) is 21.4. The Bertz CT molecular complexity index is 1060. The summed E-state index contributed by atoms with van der Waals surface area (Å²) in [7, 11) is 0. The van der Waals surface area contributed by atoms with E-state index in [1.807, 2.05) is 18.3 Å². The van der Waals surface area contributed by atoms with E-state index in [9.17, 15) is 14.4 Å². The Kier molecular flexibility index (Phi) is 6.20. The second-order valence-electron chi connectivity index (χ2n) is 8.79. The molecule has 1 atom stereocenters. The SMILES string of the molecule is O=C1CCC(N2Cc3c(OCc4ccc(CN5CCOCC5)cn4)cccc3C2=O)C(=O)C1. The lowest BCUT2D eigenvalue weighted by atomic mass is 9.92. The number of hydrogen-bond donors (Lipinski definition) is 0. The van der Waals surface area contributed by atoms with Crippen LogP contribution in [-0.2, 0) is 34.0 Å². The molecule has 0 N–H and O–H groups in total. The first-order chi connectivity index (χ1) is 16.1. The Hall–Kier alpha value is -3.10. The number of fused-ring (bicyclic) bond motifs is 1. The summed E-state index contributed by atoms with van der Waals surface area (Å²) in [6.07, 6.45) is 2.54. The number of aromatic nitrogens is 1. The summed E-state index contributed by atoms with van der Waals surface area (Å²) >= 11 is 0. The lowest BCUT2D eigenvalue weighted by Gasteiger charge is -2.29. The molecule has 33 heavy (non-hydrogen) atoms. The van der Waals surface area contributed by atoms with E-state index in [-0.39, 0.29) is 23.9 Å². The smallest absolute Gasteiger partial charge is 0.255 e. The van der Waals surface area contributed by atoms with Crippen LogP contribution >= 0.6 is 0 Å². The summed E-state index contributed by atoms with van der Waals surface area (Å²) in [5.74, 6) is 0.236. The van der Waals surface area contributed by atoms with Gasteiger partial charge in [-0.25, -0.2) is 0 Å². The molecule has 0 spiro atoms. The van der Waals surface area contributed by atoms with Crippen LogP contribution < -0.4 is 4.74 Å². The van der Waals surface area contributed by atoms with E-state index < -0.39 is 6.04 Å². The van der Waals surface area contributed by atoms with Gasteiger partial charge in [-0.2, -0.15) is 0 Å². The molecule has 2 aliphatic heterocycles. The van der Waals surface area contributed by atoms with Gasteiger partial charge in [-0.3, -0.25) is 24.3 Å². The second-order valence-corrected chi connectivity index (χ2v) is 8.79. The van der Waals surface area contributed by atoms with Gasteiger partial charge < -0.3 is 14.4 Å². The van der Waals surface area contributed by atoms with Crippen LogP contribution in [0.2, 0.25) is 0 Å². The fourth-order valence-corrected chi connectivity index (χ4v) is 4.71. The van der Waals surface area contributed by atoms with Crippen LogP contribution in [0.4, 0.5) is 0 Å². The summed E-state index contributed by atoms with van der Waals surface area (Å²) in [5.41, 5.74) is 3.31. The number of ketones is 2. The number of rotatable bonds is 6. The van der Waals surface area contributed by atoms with Crippen molar-refractivity contribution in [3.8, 4) is 5.75 Å². The largest absolute Gasteiger partial charge is 0.487 e. The number of benzene rings is 1. The molecule has 172 valence electrons. The molecule has 0 bridgehead atoms. The average Bonchev–Trinajstić information content (AvgIpc) is 3.16. The van der Waals surface area contributed by atoms with Gasteiger partial charge in [-0.1, -0.05) is 12.1 Å². The lowest BCUT2D eigenvalue weighted by molar-refractivity contribution is -0.133. The molecular formula is C25H27N3O5. The minimum Gasteiger partial charge on any atom is -0.487 e. The zero-order valence-corrected chi connectivity index (χ0v) is 18.5. The highest BCUT2D eigenvalue weighted by Crippen LogP contribution is 2.34. The molecule has 8 heteroatoms. The standard InChI is InChI=1S/C25H27N3O5/c29-19-6-7-22(23(30)12-19)28-15-21-20(25(28)31)2-1-3-24(21)33-16-18-5-4-17(13-26-18)14-27-8-10-32-11-9-27/h1-5,13,22H,6-12,14-16H2. The van der Waals surface area contributed by atoms with Crippen molar-refractivity contribution in [1.82, 2.24) is 14.8 Å². The number of ether oxygens (including phenoxy) is 2. The van der Waals surface area contributed by atoms with Gasteiger partial charge in [0.25, 0.3) is 5.91 Å². The number of pyridine rings is 1. The number of amides is 1. The summed E-state index contributed by atoms with van der Waals surface area (Å²) < 4.78 is 11.4. The van der Waals surface area contributed by atoms with E-state index in [1.54, 1.807) is 17.0 Å². The third-order valence-electron chi connectivity index (χ3n) is 6.54. The zero-order chi connectivity index (χ0) is 22.8. The Morgan fingerprint density at radius 1 is 1.09 bits per heavy atom. The Labute approximate surface area is 192 Å². The van der Waals surface area contributed by atoms with Crippen molar-refractivity contribution >= 4 is 17.5 Å². The van der Waals surface area contributed by atoms with E-state index in [4.69, 9.17) is 9.47 Å². The highest BCUT2D eigenvalue weighted by atomic mass is 16.5. The van der Waals surface area contributed by atoms with Crippen LogP contribution in [0.15, 0.2) is 36.5 Å². The third kappa shape index (κ3) is 4.67. The van der Waals surface area contributed by atoms with Crippen LogP contribution in [0.3, 0.4) is 0 Å². The van der Waals surface area contributed by atoms with Crippen LogP contribution in [0.1, 0.15) is 46.4 Å². The molecule has 2 fully saturated rings. The van der Waals surface area contributed by atoms with Crippen molar-refractivity contribution in [2.45, 2.75) is 45.0 Å². The maximum absolute atomic E-state index is 13.0. The van der Waals surface area contributed by atoms with Crippen molar-refractivity contribution in [2.75, 3.05) is 26.3 Å². The van der Waals surface area contributed by atoms with Gasteiger partial charge in [-0.05, 0) is 30.2 Å². The van der Waals surface area contributed by atoms with Gasteiger partial charge in [0.2, 0.25) is 0 Å². The maximum atomic E-state index is 13.0. The molecule has 1 aromatic heterocycles. The van der Waals surface area contributed by atoms with Crippen molar-refractivity contribution in [3.05, 3.63) is 58.9 Å². The van der Waals surface area contributed by atoms with E-state index in [2.05, 4.69) is 16.0 Å². The minimum atomic E-state index is -0.531. The molecule has 1 aromatic carbocycles. The van der Waals surface area contributed by atoms with E-state index in [0.717, 1.165) is 49.7 Å². The lowest BCUT2D eigenvalue weighted by Crippen LogP contribution is -2.44. The number of carbonyl (C=O) groups excluding carboxylic acids is 3. The van der Waals surface area contributed by atoms with Crippen LogP contribution in [0, 0.1) is 0 Å². The topological polar surface area (TPSA) is 89.0 Å². The summed E-state index contributed by atoms with van der Waals surface area (Å²) in [4.78, 5) is 45.4. The molecule has 1 unspecified atom stereocenters. The summed E-state index contributed by atoms with van der Waals surface area (Å²) in [5, 5.41) is 0. The monoisotopic (exact) mass is 449 g/mol. The number of hydrogen-bond acceptors (Lipinski definition) is 7. The van der Waals surface area contributed by atoms with Gasteiger partial charge in [-0.15, -0.1) is 0 Å². The van der Waals surface area contributed by atoms with Crippen molar-refractivity contribution in [1.29, 1.82) is 0 Å². The van der Waals surface area contributed by atoms with Crippen LogP contribution in [0.25, 0.3) is 0 Å². The molecule has 3 heterocycles. The van der Waals surface area contributed by atoms with E-state index >= 15 is 0 Å². The summed E-state index contributed by atoms with van der Waals surface area (Å²) in [6.45, 7) is 4.87. The maximum Gasteiger partial charge on any atom is 0.255 e. The molecule has 1 saturated carbocycles. The second kappa shape index (κ2) is 9.41. The molecule has 1 saturated heterocycles. The van der Waals surface area contributed by atoms with E-state index in [1.165, 1.54) is 0 Å². The van der Waals surface area contributed by atoms with Crippen molar-refractivity contribution < 1.29 is 23.9 Å². The molecule has 1 aliphatic carbocycles. The molecular weight excluding hydrogens is 422 g/mol. The third-order valence-corrected chi connectivity index (χ3v) is 6.54. The number of Topliss-reactive ketones (excluding diaryl/α,β-unsaturated/α-hetero) is 2. The van der Waals surface area contributed by atoms with Gasteiger partial charge in [0.15, 0.2) is 5.78 Å². The number of nitrogens with zero attached hydrogens (tertiary/aromatic N) is 3. The Morgan fingerprint density at radius 2 is 1.94 bits per heavy atom. The van der Waals surface area contributed by atoms with Gasteiger partial charge >= 0.3 is 0 Å². The molecule has 2 aromatic rings. The number of morpholine rings is 1. The quantitative estimate of drug-likeness (QED) is 0.624. The molecule has 3 aliphatic rings. The highest BCUT2D eigenvalue weighted by Gasteiger charge is 2.39. The Balaban J connectivity index is 1.23. The van der Waals surface area contributed by atoms with Gasteiger partial charge in [0.1, 0.15) is 18.1 Å². The van der Waals surface area contributed by atoms with Crippen LogP contribution in [-0.4, -0.2) is 64.6 Å². The van der Waals surface area contributed by atoms with Gasteiger partial charge in [0, 0.05) is 43.4 Å². The highest BCUT2D eigenvalue weighted by molar-refractivity contribution is 6.07. The van der Waals surface area contributed by atoms with Crippen LogP contribution in [0.5, 0.6) is 5.75 Å². The first kappa shape index (κ1) is 21.7. The fourth-order valence-electron chi connectivity index (χ4n) is 4.71. The molecule has 5 rings (SSSR count). The predicted molar refractivity (Wildman–Crippen MR) is 119 cm³/mol. The first-order valence-electron chi connectivity index (χ1n) is 11.4. The molecule has 8 nitrogen and oxygen atoms in total. The zero-order valence-electron chi connectivity index (χ0n) is 18.5. The first-order valence-corrected chi connectivity index (χ1v) is 11.4. The predicted octanol–water partition coefficient (Wildman–Crippen LogP) is 2.14. The minimum absolute atomic E-state index is 0.0482. The number of carbonyl (C=O) groups is 3. The molecule has 1 amide bonds. The Morgan fingerprint density at radius 3 is 2.70 bits per heavy atom. The van der Waals surface area contributed by atoms with Gasteiger partial charge in [0.05, 0.1) is 37.9 Å².